The van der Waals surface area contributed by atoms with Crippen molar-refractivity contribution in [3.05, 3.63) is 0 Å². The number of halogens is 2. The largest absolute Gasteiger partial charge is 0.394 e. The number of rotatable bonds is 6. The molecule has 3 aliphatic rings. The highest BCUT2D eigenvalue weighted by molar-refractivity contribution is 6.22. The van der Waals surface area contributed by atoms with Crippen LogP contribution in [0.1, 0.15) is 13.3 Å². The summed E-state index contributed by atoms with van der Waals surface area (Å²) < 4.78 is 27.5. The third-order valence-electron chi connectivity index (χ3n) is 5.86. The van der Waals surface area contributed by atoms with Crippen molar-refractivity contribution >= 4 is 23.2 Å². The quantitative estimate of drug-likeness (QED) is 0.180. The van der Waals surface area contributed by atoms with Crippen LogP contribution in [0.4, 0.5) is 0 Å². The standard InChI is InChI=1S/C18H30Cl2O12/c1-5-6(22)2-7(23)17(28-5)31-14-12(25)9(4-21)29-16(27)15(14)32-18-13(26)10(20)11(24)8(3-19)30-18/h5-18,21-27H,2-4H2,1H3/t5-,6-,7-,8-,9-,10+,11+,12-,13-,14+,15+,16+,17-,18+/m1/s1. The third kappa shape index (κ3) is 5.50. The fraction of sp³-hybridized carbons (Fsp3) is 1.00. The molecule has 0 aliphatic carbocycles. The molecule has 0 aromatic carbocycles. The average Bonchev–Trinajstić information content (AvgIpc) is 2.76. The van der Waals surface area contributed by atoms with Crippen LogP contribution in [-0.4, -0.2) is 134 Å². The minimum atomic E-state index is -1.75. The van der Waals surface area contributed by atoms with E-state index in [-0.39, 0.29) is 12.3 Å². The maximum atomic E-state index is 10.7. The molecule has 7 N–H and O–H groups in total. The average molecular weight is 509 g/mol. The molecule has 14 heteroatoms. The lowest BCUT2D eigenvalue weighted by Gasteiger charge is -2.47. The van der Waals surface area contributed by atoms with Crippen LogP contribution < -0.4 is 0 Å². The number of alkyl halides is 2. The van der Waals surface area contributed by atoms with Gasteiger partial charge in [-0.15, -0.1) is 23.2 Å². The lowest BCUT2D eigenvalue weighted by atomic mass is 9.97. The Morgan fingerprint density at radius 3 is 2.09 bits per heavy atom. The van der Waals surface area contributed by atoms with Crippen molar-refractivity contribution in [2.24, 2.45) is 0 Å². The van der Waals surface area contributed by atoms with Crippen LogP contribution >= 0.6 is 23.2 Å². The molecular formula is C18H30Cl2O12. The first kappa shape index (κ1) is 26.7. The third-order valence-corrected chi connectivity index (χ3v) is 6.68. The predicted molar refractivity (Wildman–Crippen MR) is 106 cm³/mol. The first-order chi connectivity index (χ1) is 15.1. The topological polar surface area (TPSA) is 188 Å². The van der Waals surface area contributed by atoms with Crippen LogP contribution in [0.15, 0.2) is 0 Å². The molecule has 32 heavy (non-hydrogen) atoms. The van der Waals surface area contributed by atoms with Gasteiger partial charge < -0.3 is 59.4 Å². The molecule has 0 aromatic heterocycles. The molecule has 0 saturated carbocycles. The Labute approximate surface area is 194 Å². The summed E-state index contributed by atoms with van der Waals surface area (Å²) in [6.07, 6.45) is -17.0. The van der Waals surface area contributed by atoms with Gasteiger partial charge in [-0.1, -0.05) is 0 Å². The summed E-state index contributed by atoms with van der Waals surface area (Å²) in [5.41, 5.74) is 0. The van der Waals surface area contributed by atoms with E-state index >= 15 is 0 Å². The summed E-state index contributed by atoms with van der Waals surface area (Å²) in [6, 6.07) is 0. The molecule has 14 atom stereocenters. The Morgan fingerprint density at radius 1 is 0.812 bits per heavy atom. The molecule has 3 fully saturated rings. The van der Waals surface area contributed by atoms with Crippen LogP contribution in [0.25, 0.3) is 0 Å². The first-order valence-electron chi connectivity index (χ1n) is 10.3. The van der Waals surface area contributed by atoms with Gasteiger partial charge in [0.05, 0.1) is 30.1 Å². The molecule has 3 aliphatic heterocycles. The van der Waals surface area contributed by atoms with Crippen molar-refractivity contribution in [3.8, 4) is 0 Å². The molecular weight excluding hydrogens is 479 g/mol. The Hall–Kier alpha value is 0.1000. The maximum absolute atomic E-state index is 10.7. The number of hydrogen-bond donors (Lipinski definition) is 7. The van der Waals surface area contributed by atoms with Gasteiger partial charge >= 0.3 is 0 Å². The summed E-state index contributed by atoms with van der Waals surface area (Å²) in [6.45, 7) is 0.901. The van der Waals surface area contributed by atoms with Crippen molar-refractivity contribution in [1.82, 2.24) is 0 Å². The van der Waals surface area contributed by atoms with E-state index in [0.29, 0.717) is 0 Å². The summed E-state index contributed by atoms with van der Waals surface area (Å²) >= 11 is 11.8. The number of aliphatic hydroxyl groups excluding tert-OH is 7. The van der Waals surface area contributed by atoms with E-state index in [4.69, 9.17) is 46.9 Å². The molecule has 3 saturated heterocycles. The zero-order valence-corrected chi connectivity index (χ0v) is 18.6. The summed E-state index contributed by atoms with van der Waals surface area (Å²) in [5, 5.41) is 69.9. The normalized spacial score (nSPS) is 52.7. The highest BCUT2D eigenvalue weighted by Crippen LogP contribution is 2.33. The van der Waals surface area contributed by atoms with Gasteiger partial charge in [-0.25, -0.2) is 0 Å². The van der Waals surface area contributed by atoms with E-state index in [1.165, 1.54) is 0 Å². The van der Waals surface area contributed by atoms with Gasteiger partial charge in [0.1, 0.15) is 48.8 Å². The SMILES string of the molecule is C[C@H]1O[C@H](O[C@H]2[C@H](O)[C@@H](CO)O[C@H](O)[C@H]2O[C@@H]2O[C@H](CCl)[C@H](O)[C@H](Cl)[C@H]2O)[C@H](O)C[C@H]1O. The van der Waals surface area contributed by atoms with Crippen LogP contribution in [0, 0.1) is 0 Å². The zero-order chi connectivity index (χ0) is 23.7. The van der Waals surface area contributed by atoms with Gasteiger partial charge in [0.25, 0.3) is 0 Å². The van der Waals surface area contributed by atoms with Gasteiger partial charge in [-0.05, 0) is 6.92 Å². The lowest BCUT2D eigenvalue weighted by Crippen LogP contribution is -2.65. The maximum Gasteiger partial charge on any atom is 0.186 e. The Bertz CT molecular complexity index is 602. The van der Waals surface area contributed by atoms with Crippen LogP contribution in [0.3, 0.4) is 0 Å². The number of aliphatic hydroxyl groups is 7. The van der Waals surface area contributed by atoms with E-state index in [9.17, 15) is 35.7 Å². The lowest BCUT2D eigenvalue weighted by molar-refractivity contribution is -0.374. The first-order valence-corrected chi connectivity index (χ1v) is 11.2. The minimum Gasteiger partial charge on any atom is -0.394 e. The van der Waals surface area contributed by atoms with E-state index in [1.54, 1.807) is 6.92 Å². The van der Waals surface area contributed by atoms with Crippen LogP contribution in [0.5, 0.6) is 0 Å². The van der Waals surface area contributed by atoms with Crippen molar-refractivity contribution in [2.75, 3.05) is 12.5 Å². The fourth-order valence-electron chi connectivity index (χ4n) is 3.87. The van der Waals surface area contributed by atoms with Crippen molar-refractivity contribution in [2.45, 2.75) is 98.6 Å². The smallest absolute Gasteiger partial charge is 0.186 e. The predicted octanol–water partition coefficient (Wildman–Crippen LogP) is -3.02. The van der Waals surface area contributed by atoms with Crippen LogP contribution in [-0.2, 0) is 23.7 Å². The highest BCUT2D eigenvalue weighted by Gasteiger charge is 2.52. The van der Waals surface area contributed by atoms with E-state index in [2.05, 4.69) is 0 Å². The monoisotopic (exact) mass is 508 g/mol. The Morgan fingerprint density at radius 2 is 1.47 bits per heavy atom. The van der Waals surface area contributed by atoms with Gasteiger partial charge in [0.2, 0.25) is 0 Å². The molecule has 0 radical (unpaired) electrons. The van der Waals surface area contributed by atoms with Crippen molar-refractivity contribution in [1.29, 1.82) is 0 Å². The molecule has 0 aromatic rings. The van der Waals surface area contributed by atoms with E-state index in [0.717, 1.165) is 0 Å². The zero-order valence-electron chi connectivity index (χ0n) is 17.1. The van der Waals surface area contributed by atoms with Gasteiger partial charge in [0, 0.05) is 6.42 Å². The molecule has 3 heterocycles. The summed E-state index contributed by atoms with van der Waals surface area (Å²) in [5.74, 6) is -0.169. The van der Waals surface area contributed by atoms with Gasteiger partial charge in [-0.2, -0.15) is 0 Å². The molecule has 12 nitrogen and oxygen atoms in total. The molecule has 0 unspecified atom stereocenters. The molecule has 0 amide bonds. The Balaban J connectivity index is 1.79. The van der Waals surface area contributed by atoms with E-state index in [1.807, 2.05) is 0 Å². The molecule has 0 bridgehead atoms. The van der Waals surface area contributed by atoms with Gasteiger partial charge in [-0.3, -0.25) is 0 Å². The molecule has 0 spiro atoms. The molecule has 188 valence electrons. The second kappa shape index (κ2) is 11.2. The summed E-state index contributed by atoms with van der Waals surface area (Å²) in [7, 11) is 0. The van der Waals surface area contributed by atoms with Crippen molar-refractivity contribution < 1.29 is 59.4 Å². The van der Waals surface area contributed by atoms with Crippen molar-refractivity contribution in [3.63, 3.8) is 0 Å². The number of ether oxygens (including phenoxy) is 5. The Kier molecular flexibility index (Phi) is 9.37. The highest BCUT2D eigenvalue weighted by atomic mass is 35.5. The fourth-order valence-corrected chi connectivity index (χ4v) is 4.40. The molecule has 3 rings (SSSR count). The number of hydrogen-bond acceptors (Lipinski definition) is 12. The minimum absolute atomic E-state index is 0.0592. The van der Waals surface area contributed by atoms with Crippen LogP contribution in [0.2, 0.25) is 0 Å². The second-order valence-electron chi connectivity index (χ2n) is 8.14. The van der Waals surface area contributed by atoms with Gasteiger partial charge in [0.15, 0.2) is 18.9 Å². The van der Waals surface area contributed by atoms with E-state index < -0.39 is 91.9 Å². The summed E-state index contributed by atoms with van der Waals surface area (Å²) in [4.78, 5) is 0. The second-order valence-corrected chi connectivity index (χ2v) is 8.96.